The van der Waals surface area contributed by atoms with Gasteiger partial charge in [-0.3, -0.25) is 9.59 Å². The van der Waals surface area contributed by atoms with Gasteiger partial charge in [0.15, 0.2) is 5.60 Å². The van der Waals surface area contributed by atoms with Gasteiger partial charge in [0, 0.05) is 12.5 Å². The molecule has 0 amide bonds. The van der Waals surface area contributed by atoms with E-state index in [1.165, 1.54) is 19.1 Å². The van der Waals surface area contributed by atoms with E-state index in [4.69, 9.17) is 9.84 Å². The number of rotatable bonds is 4. The average molecular weight is 288 g/mol. The Balaban J connectivity index is 2.50. The predicted molar refractivity (Wildman–Crippen MR) is 75.2 cm³/mol. The number of hydrogen-bond donors (Lipinski definition) is 2. The molecule has 1 aliphatic carbocycles. The summed E-state index contributed by atoms with van der Waals surface area (Å²) in [6.07, 6.45) is 6.03. The summed E-state index contributed by atoms with van der Waals surface area (Å²) in [7, 11) is 0. The van der Waals surface area contributed by atoms with Crippen molar-refractivity contribution in [3.8, 4) is 0 Å². The van der Waals surface area contributed by atoms with Crippen LogP contribution in [0, 0.1) is 5.92 Å². The summed E-state index contributed by atoms with van der Waals surface area (Å²) < 4.78 is 5.42. The van der Waals surface area contributed by atoms with Gasteiger partial charge in [-0.1, -0.05) is 36.4 Å². The van der Waals surface area contributed by atoms with Crippen LogP contribution in [0.2, 0.25) is 0 Å². The monoisotopic (exact) mass is 288 g/mol. The molecule has 0 fully saturated rings. The minimum absolute atomic E-state index is 0.205. The summed E-state index contributed by atoms with van der Waals surface area (Å²) in [6.45, 7) is 1.08. The van der Waals surface area contributed by atoms with Crippen LogP contribution in [-0.4, -0.2) is 22.2 Å². The second-order valence-corrected chi connectivity index (χ2v) is 4.78. The number of esters is 1. The number of benzene rings is 1. The molecule has 0 unspecified atom stereocenters. The lowest BCUT2D eigenvalue weighted by molar-refractivity contribution is -0.149. The Kier molecular flexibility index (Phi) is 4.23. The van der Waals surface area contributed by atoms with Crippen molar-refractivity contribution in [2.45, 2.75) is 19.1 Å². The smallest absolute Gasteiger partial charge is 0.314 e. The molecule has 5 nitrogen and oxygen atoms in total. The topological polar surface area (TPSA) is 83.8 Å². The van der Waals surface area contributed by atoms with Crippen molar-refractivity contribution in [1.82, 2.24) is 0 Å². The number of carboxylic acid groups (broad SMARTS) is 1. The highest BCUT2D eigenvalue weighted by Gasteiger charge is 2.35. The average Bonchev–Trinajstić information content (AvgIpc) is 2.47. The molecular weight excluding hydrogens is 272 g/mol. The van der Waals surface area contributed by atoms with Crippen molar-refractivity contribution >= 4 is 11.9 Å². The number of ether oxygens (including phenoxy) is 1. The van der Waals surface area contributed by atoms with Crippen molar-refractivity contribution in [1.29, 1.82) is 0 Å². The van der Waals surface area contributed by atoms with Crippen LogP contribution in [0.25, 0.3) is 0 Å². The molecule has 5 heteroatoms. The van der Waals surface area contributed by atoms with E-state index in [0.29, 0.717) is 11.1 Å². The van der Waals surface area contributed by atoms with Crippen LogP contribution < -0.4 is 0 Å². The molecule has 2 N–H and O–H groups in total. The zero-order valence-corrected chi connectivity index (χ0v) is 11.5. The van der Waals surface area contributed by atoms with Crippen molar-refractivity contribution in [2.75, 3.05) is 0 Å². The molecule has 0 heterocycles. The third-order valence-electron chi connectivity index (χ3n) is 3.31. The first-order valence-electron chi connectivity index (χ1n) is 6.49. The molecule has 2 rings (SSSR count). The van der Waals surface area contributed by atoms with Crippen molar-refractivity contribution in [3.05, 3.63) is 59.7 Å². The van der Waals surface area contributed by atoms with Crippen LogP contribution in [-0.2, 0) is 26.5 Å². The predicted octanol–water partition coefficient (Wildman–Crippen LogP) is 1.76. The molecule has 0 spiro atoms. The highest BCUT2D eigenvalue weighted by atomic mass is 16.6. The van der Waals surface area contributed by atoms with Gasteiger partial charge in [-0.25, -0.2) is 0 Å². The molecule has 0 aromatic heterocycles. The molecule has 1 aromatic carbocycles. The standard InChI is InChI=1S/C16H16O5/c1-11(18)21-16(8-6-12(7-9-16)15(19)20)14-5-3-2-4-13(14)10-17/h2-9,12,17H,10H2,1H3,(H,19,20). The van der Waals surface area contributed by atoms with E-state index < -0.39 is 23.5 Å². The van der Waals surface area contributed by atoms with Crippen LogP contribution in [0.3, 0.4) is 0 Å². The number of hydrogen-bond acceptors (Lipinski definition) is 4. The summed E-state index contributed by atoms with van der Waals surface area (Å²) in [5, 5.41) is 18.5. The van der Waals surface area contributed by atoms with Gasteiger partial charge in [0.1, 0.15) is 0 Å². The zero-order chi connectivity index (χ0) is 15.5. The fraction of sp³-hybridized carbons (Fsp3) is 0.250. The van der Waals surface area contributed by atoms with Crippen LogP contribution in [0.5, 0.6) is 0 Å². The fourth-order valence-corrected chi connectivity index (χ4v) is 2.36. The summed E-state index contributed by atoms with van der Waals surface area (Å²) in [6, 6.07) is 7.01. The third kappa shape index (κ3) is 3.03. The SMILES string of the molecule is CC(=O)OC1(c2ccccc2CO)C=CC(C(=O)O)C=C1. The fourth-order valence-electron chi connectivity index (χ4n) is 2.36. The quantitative estimate of drug-likeness (QED) is 0.651. The molecule has 0 atom stereocenters. The first-order valence-corrected chi connectivity index (χ1v) is 6.49. The van der Waals surface area contributed by atoms with Gasteiger partial charge in [0.25, 0.3) is 0 Å². The summed E-state index contributed by atoms with van der Waals surface area (Å²) in [5.41, 5.74) is 0.0396. The summed E-state index contributed by atoms with van der Waals surface area (Å²) >= 11 is 0. The lowest BCUT2D eigenvalue weighted by atomic mass is 9.84. The second-order valence-electron chi connectivity index (χ2n) is 4.78. The Morgan fingerprint density at radius 1 is 1.24 bits per heavy atom. The van der Waals surface area contributed by atoms with Crippen LogP contribution in [0.1, 0.15) is 18.1 Å². The van der Waals surface area contributed by atoms with E-state index >= 15 is 0 Å². The van der Waals surface area contributed by atoms with Gasteiger partial charge in [-0.05, 0) is 17.7 Å². The van der Waals surface area contributed by atoms with Crippen molar-refractivity contribution in [3.63, 3.8) is 0 Å². The number of carboxylic acids is 1. The van der Waals surface area contributed by atoms with Gasteiger partial charge in [-0.2, -0.15) is 0 Å². The second kappa shape index (κ2) is 5.93. The third-order valence-corrected chi connectivity index (χ3v) is 3.31. The van der Waals surface area contributed by atoms with E-state index in [-0.39, 0.29) is 6.61 Å². The molecule has 0 saturated carbocycles. The maximum Gasteiger partial charge on any atom is 0.314 e. The zero-order valence-electron chi connectivity index (χ0n) is 11.5. The van der Waals surface area contributed by atoms with E-state index in [2.05, 4.69) is 0 Å². The Bertz CT molecular complexity index is 601. The van der Waals surface area contributed by atoms with Crippen LogP contribution in [0.15, 0.2) is 48.6 Å². The van der Waals surface area contributed by atoms with Gasteiger partial charge in [0.05, 0.1) is 12.5 Å². The van der Waals surface area contributed by atoms with E-state index in [1.807, 2.05) is 0 Å². The van der Waals surface area contributed by atoms with Gasteiger partial charge in [-0.15, -0.1) is 0 Å². The Morgan fingerprint density at radius 3 is 2.38 bits per heavy atom. The van der Waals surface area contributed by atoms with E-state index in [1.54, 1.807) is 36.4 Å². The van der Waals surface area contributed by atoms with Crippen LogP contribution in [0.4, 0.5) is 0 Å². The minimum Gasteiger partial charge on any atom is -0.481 e. The van der Waals surface area contributed by atoms with Crippen molar-refractivity contribution < 1.29 is 24.5 Å². The molecule has 0 aliphatic heterocycles. The molecule has 0 bridgehead atoms. The molecular formula is C16H16O5. The molecule has 1 aromatic rings. The highest BCUT2D eigenvalue weighted by molar-refractivity contribution is 5.75. The molecule has 0 saturated heterocycles. The van der Waals surface area contributed by atoms with Gasteiger partial charge in [0.2, 0.25) is 0 Å². The van der Waals surface area contributed by atoms with E-state index in [9.17, 15) is 14.7 Å². The Labute approximate surface area is 122 Å². The molecule has 21 heavy (non-hydrogen) atoms. The van der Waals surface area contributed by atoms with Gasteiger partial charge >= 0.3 is 11.9 Å². The Morgan fingerprint density at radius 2 is 1.86 bits per heavy atom. The molecule has 0 radical (unpaired) electrons. The number of aliphatic carboxylic acids is 1. The lowest BCUT2D eigenvalue weighted by Gasteiger charge is -2.31. The van der Waals surface area contributed by atoms with Crippen LogP contribution >= 0.6 is 0 Å². The minimum atomic E-state index is -1.18. The highest BCUT2D eigenvalue weighted by Crippen LogP contribution is 2.35. The number of carbonyl (C=O) groups is 2. The normalized spacial score (nSPS) is 23.8. The maximum absolute atomic E-state index is 11.4. The number of aliphatic hydroxyl groups is 1. The van der Waals surface area contributed by atoms with E-state index in [0.717, 1.165) is 0 Å². The number of aliphatic hydroxyl groups excluding tert-OH is 1. The summed E-state index contributed by atoms with van der Waals surface area (Å²) in [5.74, 6) is -2.23. The molecule has 1 aliphatic rings. The Hall–Kier alpha value is -2.40. The molecule has 110 valence electrons. The van der Waals surface area contributed by atoms with Gasteiger partial charge < -0.3 is 14.9 Å². The first-order chi connectivity index (χ1) is 9.98. The first kappa shape index (κ1) is 15.0. The summed E-state index contributed by atoms with van der Waals surface area (Å²) in [4.78, 5) is 22.4. The lowest BCUT2D eigenvalue weighted by Crippen LogP contribution is -2.31. The largest absolute Gasteiger partial charge is 0.481 e. The van der Waals surface area contributed by atoms with Crippen molar-refractivity contribution in [2.24, 2.45) is 5.92 Å². The maximum atomic E-state index is 11.4. The number of carbonyl (C=O) groups excluding carboxylic acids is 1.